The molecule has 1 saturated heterocycles. The molecule has 4 nitrogen and oxygen atoms in total. The maximum atomic E-state index is 10.9. The third-order valence-electron chi connectivity index (χ3n) is 1.32. The fourth-order valence-electron chi connectivity index (χ4n) is 0.884. The van der Waals surface area contributed by atoms with Crippen LogP contribution in [-0.2, 0) is 14.4 Å². The molecule has 1 rings (SSSR count). The van der Waals surface area contributed by atoms with Crippen molar-refractivity contribution in [2.24, 2.45) is 0 Å². The van der Waals surface area contributed by atoms with Crippen LogP contribution < -0.4 is 0 Å². The lowest BCUT2D eigenvalue weighted by atomic mass is 10.4. The van der Waals surface area contributed by atoms with Gasteiger partial charge in [-0.3, -0.25) is 14.4 Å². The Kier molecular flexibility index (Phi) is 5.30. The number of hydrogen-bond acceptors (Lipinski definition) is 3. The summed E-state index contributed by atoms with van der Waals surface area (Å²) in [4.78, 5) is 26.8. The number of carbonyl (C=O) groups is 2. The smallest absolute Gasteiger partial charge is 0.254 e. The van der Waals surface area contributed by atoms with Crippen LogP contribution in [0.2, 0.25) is 0 Å². The van der Waals surface area contributed by atoms with Crippen LogP contribution in [-0.4, -0.2) is 23.0 Å². The van der Waals surface area contributed by atoms with Crippen molar-refractivity contribution in [1.29, 1.82) is 0 Å². The van der Waals surface area contributed by atoms with Crippen molar-refractivity contribution in [3.05, 3.63) is 0 Å². The second kappa shape index (κ2) is 5.70. The molecule has 0 aromatic rings. The molecule has 1 heterocycles. The van der Waals surface area contributed by atoms with Gasteiger partial charge in [-0.25, -0.2) is 0 Å². The number of amides is 2. The van der Waals surface area contributed by atoms with E-state index < -0.39 is 0 Å². The fraction of sp³-hybridized carbons (Fsp3) is 0.778. The Labute approximate surface area is 78.8 Å². The van der Waals surface area contributed by atoms with E-state index in [2.05, 4.69) is 0 Å². The molecule has 4 heteroatoms. The van der Waals surface area contributed by atoms with Crippen molar-refractivity contribution in [2.45, 2.75) is 46.6 Å². The fourth-order valence-corrected chi connectivity index (χ4v) is 0.884. The second-order valence-electron chi connectivity index (χ2n) is 2.74. The predicted octanol–water partition coefficient (Wildman–Crippen LogP) is 1.50. The van der Waals surface area contributed by atoms with Crippen LogP contribution in [0.25, 0.3) is 0 Å². The minimum atomic E-state index is -0.233. The molecule has 0 aliphatic carbocycles. The lowest BCUT2D eigenvalue weighted by Crippen LogP contribution is -2.31. The van der Waals surface area contributed by atoms with Gasteiger partial charge >= 0.3 is 0 Å². The first-order valence-electron chi connectivity index (χ1n) is 4.64. The third kappa shape index (κ3) is 3.55. The summed E-state index contributed by atoms with van der Waals surface area (Å²) in [7, 11) is 0. The van der Waals surface area contributed by atoms with Crippen molar-refractivity contribution < 1.29 is 14.4 Å². The highest BCUT2D eigenvalue weighted by Gasteiger charge is 2.30. The topological polar surface area (TPSA) is 46.6 Å². The molecule has 0 radical (unpaired) electrons. The van der Waals surface area contributed by atoms with Gasteiger partial charge in [0.1, 0.15) is 0 Å². The number of carbonyl (C=O) groups excluding carboxylic acids is 2. The summed E-state index contributed by atoms with van der Waals surface area (Å²) in [6.07, 6.45) is 0.443. The molecule has 0 aromatic carbocycles. The Morgan fingerprint density at radius 1 is 1.15 bits per heavy atom. The van der Waals surface area contributed by atoms with E-state index in [0.717, 1.165) is 5.06 Å². The zero-order chi connectivity index (χ0) is 10.4. The molecule has 13 heavy (non-hydrogen) atoms. The van der Waals surface area contributed by atoms with E-state index in [1.165, 1.54) is 0 Å². The molecule has 1 aliphatic heterocycles. The van der Waals surface area contributed by atoms with Gasteiger partial charge in [-0.1, -0.05) is 13.8 Å². The van der Waals surface area contributed by atoms with Gasteiger partial charge in [0.25, 0.3) is 11.8 Å². The van der Waals surface area contributed by atoms with Gasteiger partial charge in [-0.15, -0.1) is 0 Å². The normalized spacial score (nSPS) is 16.2. The molecule has 0 unspecified atom stereocenters. The molecular weight excluding hydrogens is 170 g/mol. The van der Waals surface area contributed by atoms with Crippen molar-refractivity contribution in [3.63, 3.8) is 0 Å². The van der Waals surface area contributed by atoms with Crippen molar-refractivity contribution in [2.75, 3.05) is 0 Å². The van der Waals surface area contributed by atoms with Crippen LogP contribution in [0.3, 0.4) is 0 Å². The van der Waals surface area contributed by atoms with Crippen molar-refractivity contribution in [3.8, 4) is 0 Å². The zero-order valence-corrected chi connectivity index (χ0v) is 8.66. The van der Waals surface area contributed by atoms with E-state index in [1.807, 2.05) is 13.8 Å². The predicted molar refractivity (Wildman–Crippen MR) is 48.7 cm³/mol. The van der Waals surface area contributed by atoms with Gasteiger partial charge in [0.2, 0.25) is 0 Å². The zero-order valence-electron chi connectivity index (χ0n) is 8.66. The minimum Gasteiger partial charge on any atom is -0.272 e. The Balaban J connectivity index is 0.000000671. The molecule has 0 aromatic heterocycles. The summed E-state index contributed by atoms with van der Waals surface area (Å²) in [5, 5.41) is 0.866. The summed E-state index contributed by atoms with van der Waals surface area (Å²) < 4.78 is 0. The number of imide groups is 1. The van der Waals surface area contributed by atoms with Gasteiger partial charge in [0.05, 0.1) is 6.10 Å². The molecular formula is C9H17NO3. The van der Waals surface area contributed by atoms with Gasteiger partial charge in [-0.2, -0.15) is 5.06 Å². The molecule has 0 spiro atoms. The summed E-state index contributed by atoms with van der Waals surface area (Å²) in [6.45, 7) is 7.55. The minimum absolute atomic E-state index is 0.124. The maximum absolute atomic E-state index is 10.9. The standard InChI is InChI=1S/C7H11NO3.C2H6/c1-5(2)11-8-6(9)3-4-7(8)10;1-2/h5H,3-4H2,1-2H3;1-2H3. The highest BCUT2D eigenvalue weighted by atomic mass is 16.7. The van der Waals surface area contributed by atoms with Gasteiger partial charge in [-0.05, 0) is 13.8 Å². The Hall–Kier alpha value is -0.900. The van der Waals surface area contributed by atoms with Crippen LogP contribution in [0, 0.1) is 0 Å². The highest BCUT2D eigenvalue weighted by molar-refractivity contribution is 6.00. The first-order chi connectivity index (χ1) is 6.11. The number of rotatable bonds is 2. The molecule has 0 atom stereocenters. The monoisotopic (exact) mass is 187 g/mol. The first kappa shape index (κ1) is 12.1. The average molecular weight is 187 g/mol. The summed E-state index contributed by atoms with van der Waals surface area (Å²) in [5.74, 6) is -0.465. The van der Waals surface area contributed by atoms with E-state index >= 15 is 0 Å². The molecule has 0 saturated carbocycles. The van der Waals surface area contributed by atoms with Gasteiger partial charge < -0.3 is 0 Å². The second-order valence-corrected chi connectivity index (χ2v) is 2.74. The molecule has 1 fully saturated rings. The van der Waals surface area contributed by atoms with Crippen molar-refractivity contribution >= 4 is 11.8 Å². The van der Waals surface area contributed by atoms with Crippen molar-refractivity contribution in [1.82, 2.24) is 5.06 Å². The Morgan fingerprint density at radius 2 is 1.54 bits per heavy atom. The van der Waals surface area contributed by atoms with Crippen LogP contribution in [0.15, 0.2) is 0 Å². The van der Waals surface area contributed by atoms with E-state index in [0.29, 0.717) is 0 Å². The summed E-state index contributed by atoms with van der Waals surface area (Å²) >= 11 is 0. The summed E-state index contributed by atoms with van der Waals surface area (Å²) in [6, 6.07) is 0. The van der Waals surface area contributed by atoms with Crippen LogP contribution in [0.1, 0.15) is 40.5 Å². The largest absolute Gasteiger partial charge is 0.272 e. The molecule has 2 amide bonds. The highest BCUT2D eigenvalue weighted by Crippen LogP contribution is 2.13. The summed E-state index contributed by atoms with van der Waals surface area (Å²) in [5.41, 5.74) is 0. The van der Waals surface area contributed by atoms with Gasteiger partial charge in [0, 0.05) is 12.8 Å². The Morgan fingerprint density at radius 3 is 1.85 bits per heavy atom. The molecule has 0 N–H and O–H groups in total. The van der Waals surface area contributed by atoms with Crippen LogP contribution in [0.4, 0.5) is 0 Å². The molecule has 0 bridgehead atoms. The van der Waals surface area contributed by atoms with E-state index in [4.69, 9.17) is 4.84 Å². The third-order valence-corrected chi connectivity index (χ3v) is 1.32. The van der Waals surface area contributed by atoms with E-state index in [1.54, 1.807) is 13.8 Å². The number of hydroxylamine groups is 2. The molecule has 76 valence electrons. The maximum Gasteiger partial charge on any atom is 0.254 e. The molecule has 1 aliphatic rings. The number of hydrogen-bond donors (Lipinski definition) is 0. The average Bonchev–Trinajstić information content (AvgIpc) is 2.39. The lowest BCUT2D eigenvalue weighted by Gasteiger charge is -2.15. The van der Waals surface area contributed by atoms with E-state index in [9.17, 15) is 9.59 Å². The first-order valence-corrected chi connectivity index (χ1v) is 4.64. The van der Waals surface area contributed by atoms with Gasteiger partial charge in [0.15, 0.2) is 0 Å². The van der Waals surface area contributed by atoms with Crippen LogP contribution >= 0.6 is 0 Å². The van der Waals surface area contributed by atoms with E-state index in [-0.39, 0.29) is 30.8 Å². The van der Waals surface area contributed by atoms with Crippen LogP contribution in [0.5, 0.6) is 0 Å². The number of nitrogens with zero attached hydrogens (tertiary/aromatic N) is 1. The lowest BCUT2D eigenvalue weighted by molar-refractivity contribution is -0.198. The SMILES string of the molecule is CC.CC(C)ON1C(=O)CCC1=O. The Bertz CT molecular complexity index is 173. The quantitative estimate of drug-likeness (QED) is 0.615.